The molecule has 1 N–H and O–H groups in total. The number of pyridine rings is 1. The summed E-state index contributed by atoms with van der Waals surface area (Å²) in [6.07, 6.45) is -0.151. The lowest BCUT2D eigenvalue weighted by atomic mass is 9.97. The largest absolute Gasteiger partial charge is 0.416 e. The Labute approximate surface area is 166 Å². The topological polar surface area (TPSA) is 79.4 Å². The first-order valence-electron chi connectivity index (χ1n) is 9.03. The number of alkyl halides is 3. The van der Waals surface area contributed by atoms with Crippen LogP contribution in [0.4, 0.5) is 13.2 Å². The minimum atomic E-state index is -4.52. The standard InChI is InChI=1S/C19H20F3N3O3S/c20-19(21,22)16-1-3-17(4-2-16)29(27,28)24-13-14-7-11-25(12-8-14)18(26)15-5-9-23-10-6-15/h1-6,9-10,14,24H,7-8,11-13H2. The third kappa shape index (κ3) is 5.33. The van der Waals surface area contributed by atoms with E-state index in [1.807, 2.05) is 0 Å². The van der Waals surface area contributed by atoms with E-state index in [0.29, 0.717) is 31.5 Å². The SMILES string of the molecule is O=C(c1ccncc1)N1CCC(CNS(=O)(=O)c2ccc(C(F)(F)F)cc2)CC1. The van der Waals surface area contributed by atoms with Crippen molar-refractivity contribution >= 4 is 15.9 Å². The average molecular weight is 427 g/mol. The lowest BCUT2D eigenvalue weighted by Gasteiger charge is -2.32. The first kappa shape index (κ1) is 21.3. The van der Waals surface area contributed by atoms with Crippen molar-refractivity contribution in [2.24, 2.45) is 5.92 Å². The predicted octanol–water partition coefficient (Wildman–Crippen LogP) is 2.93. The first-order valence-corrected chi connectivity index (χ1v) is 10.5. The van der Waals surface area contributed by atoms with E-state index in [2.05, 4.69) is 9.71 Å². The van der Waals surface area contributed by atoms with Crippen molar-refractivity contribution in [3.05, 3.63) is 59.9 Å². The van der Waals surface area contributed by atoms with Gasteiger partial charge in [-0.05, 0) is 55.2 Å². The number of carbonyl (C=O) groups excluding carboxylic acids is 1. The molecule has 0 saturated carbocycles. The molecule has 1 aliphatic rings. The molecule has 3 rings (SSSR count). The Morgan fingerprint density at radius 1 is 1.07 bits per heavy atom. The summed E-state index contributed by atoms with van der Waals surface area (Å²) >= 11 is 0. The van der Waals surface area contributed by atoms with Crippen LogP contribution in [0.3, 0.4) is 0 Å². The molecule has 0 spiro atoms. The average Bonchev–Trinajstić information content (AvgIpc) is 2.72. The van der Waals surface area contributed by atoms with Crippen molar-refractivity contribution in [1.29, 1.82) is 0 Å². The molecule has 0 aliphatic carbocycles. The number of carbonyl (C=O) groups is 1. The Hall–Kier alpha value is -2.46. The number of hydrogen-bond donors (Lipinski definition) is 1. The number of nitrogens with zero attached hydrogens (tertiary/aromatic N) is 2. The van der Waals surface area contributed by atoms with Gasteiger partial charge in [-0.1, -0.05) is 0 Å². The minimum absolute atomic E-state index is 0.0423. The smallest absolute Gasteiger partial charge is 0.339 e. The quantitative estimate of drug-likeness (QED) is 0.796. The van der Waals surface area contributed by atoms with Gasteiger partial charge >= 0.3 is 6.18 Å². The van der Waals surface area contributed by atoms with Gasteiger partial charge in [-0.3, -0.25) is 9.78 Å². The van der Waals surface area contributed by atoms with Crippen molar-refractivity contribution in [3.8, 4) is 0 Å². The molecule has 2 aromatic rings. The van der Waals surface area contributed by atoms with E-state index >= 15 is 0 Å². The summed E-state index contributed by atoms with van der Waals surface area (Å²) in [6.45, 7) is 1.18. The third-order valence-corrected chi connectivity index (χ3v) is 6.32. The van der Waals surface area contributed by atoms with Gasteiger partial charge in [-0.25, -0.2) is 13.1 Å². The molecule has 1 fully saturated rings. The van der Waals surface area contributed by atoms with Crippen LogP contribution in [0.5, 0.6) is 0 Å². The Morgan fingerprint density at radius 3 is 2.21 bits per heavy atom. The lowest BCUT2D eigenvalue weighted by molar-refractivity contribution is -0.137. The summed E-state index contributed by atoms with van der Waals surface area (Å²) in [5, 5.41) is 0. The maximum Gasteiger partial charge on any atom is 0.416 e. The Balaban J connectivity index is 1.52. The zero-order valence-corrected chi connectivity index (χ0v) is 16.2. The van der Waals surface area contributed by atoms with Crippen LogP contribution in [-0.4, -0.2) is 43.8 Å². The normalized spacial score (nSPS) is 16.0. The molecular weight excluding hydrogens is 407 g/mol. The monoisotopic (exact) mass is 427 g/mol. The molecular formula is C19H20F3N3O3S. The number of rotatable bonds is 5. The van der Waals surface area contributed by atoms with Crippen LogP contribution in [0.1, 0.15) is 28.8 Å². The summed E-state index contributed by atoms with van der Waals surface area (Å²) < 4.78 is 64.9. The van der Waals surface area contributed by atoms with Gasteiger partial charge in [0.05, 0.1) is 10.5 Å². The zero-order valence-electron chi connectivity index (χ0n) is 15.4. The molecule has 1 amide bonds. The van der Waals surface area contributed by atoms with Crippen LogP contribution in [0.2, 0.25) is 0 Å². The van der Waals surface area contributed by atoms with E-state index in [1.54, 1.807) is 29.4 Å². The second-order valence-electron chi connectivity index (χ2n) is 6.85. The molecule has 156 valence electrons. The molecule has 10 heteroatoms. The fourth-order valence-electron chi connectivity index (χ4n) is 3.15. The predicted molar refractivity (Wildman–Crippen MR) is 99.5 cm³/mol. The van der Waals surface area contributed by atoms with Gasteiger partial charge < -0.3 is 4.90 Å². The molecule has 0 unspecified atom stereocenters. The Kier molecular flexibility index (Phi) is 6.23. The van der Waals surface area contributed by atoms with E-state index in [9.17, 15) is 26.4 Å². The summed E-state index contributed by atoms with van der Waals surface area (Å²) in [4.78, 5) is 17.8. The Morgan fingerprint density at radius 2 is 1.66 bits per heavy atom. The maximum absolute atomic E-state index is 12.6. The third-order valence-electron chi connectivity index (χ3n) is 4.88. The van der Waals surface area contributed by atoms with Crippen molar-refractivity contribution in [3.63, 3.8) is 0 Å². The molecule has 6 nitrogen and oxygen atoms in total. The van der Waals surface area contributed by atoms with E-state index in [1.165, 1.54) is 0 Å². The number of aromatic nitrogens is 1. The molecule has 1 aliphatic heterocycles. The van der Waals surface area contributed by atoms with Gasteiger partial charge in [0.25, 0.3) is 5.91 Å². The number of sulfonamides is 1. The molecule has 0 atom stereocenters. The van der Waals surface area contributed by atoms with E-state index in [4.69, 9.17) is 0 Å². The van der Waals surface area contributed by atoms with Gasteiger partial charge in [0.1, 0.15) is 0 Å². The number of piperidine rings is 1. The van der Waals surface area contributed by atoms with Crippen LogP contribution in [-0.2, 0) is 16.2 Å². The fourth-order valence-corrected chi connectivity index (χ4v) is 4.27. The van der Waals surface area contributed by atoms with Crippen molar-refractivity contribution in [1.82, 2.24) is 14.6 Å². The first-order chi connectivity index (χ1) is 13.7. The summed E-state index contributed by atoms with van der Waals surface area (Å²) in [5.74, 6) is -0.0445. The molecule has 2 heterocycles. The molecule has 0 bridgehead atoms. The van der Waals surface area contributed by atoms with Crippen LogP contribution in [0.15, 0.2) is 53.7 Å². The summed E-state index contributed by atoms with van der Waals surface area (Å²) in [6, 6.07) is 6.68. The van der Waals surface area contributed by atoms with E-state index in [0.717, 1.165) is 24.3 Å². The van der Waals surface area contributed by atoms with Crippen LogP contribution < -0.4 is 4.72 Å². The number of amides is 1. The molecule has 0 radical (unpaired) electrons. The van der Waals surface area contributed by atoms with Crippen molar-refractivity contribution in [2.75, 3.05) is 19.6 Å². The number of hydrogen-bond acceptors (Lipinski definition) is 4. The van der Waals surface area contributed by atoms with Gasteiger partial charge in [-0.2, -0.15) is 13.2 Å². The van der Waals surface area contributed by atoms with E-state index in [-0.39, 0.29) is 23.3 Å². The van der Waals surface area contributed by atoms with Gasteiger partial charge in [0.2, 0.25) is 10.0 Å². The molecule has 1 aromatic carbocycles. The van der Waals surface area contributed by atoms with Gasteiger partial charge in [0, 0.05) is 37.6 Å². The van der Waals surface area contributed by atoms with Gasteiger partial charge in [-0.15, -0.1) is 0 Å². The fraction of sp³-hybridized carbons (Fsp3) is 0.368. The van der Waals surface area contributed by atoms with Crippen molar-refractivity contribution < 1.29 is 26.4 Å². The van der Waals surface area contributed by atoms with Crippen LogP contribution >= 0.6 is 0 Å². The zero-order chi connectivity index (χ0) is 21.1. The lowest BCUT2D eigenvalue weighted by Crippen LogP contribution is -2.41. The van der Waals surface area contributed by atoms with Crippen LogP contribution in [0, 0.1) is 5.92 Å². The molecule has 1 aromatic heterocycles. The molecule has 29 heavy (non-hydrogen) atoms. The highest BCUT2D eigenvalue weighted by atomic mass is 32.2. The van der Waals surface area contributed by atoms with Crippen LogP contribution in [0.25, 0.3) is 0 Å². The number of halogens is 3. The summed E-state index contributed by atoms with van der Waals surface area (Å²) in [7, 11) is -3.90. The highest BCUT2D eigenvalue weighted by Gasteiger charge is 2.31. The number of benzene rings is 1. The maximum atomic E-state index is 12.6. The number of nitrogens with one attached hydrogen (secondary N) is 1. The van der Waals surface area contributed by atoms with E-state index < -0.39 is 21.8 Å². The number of likely N-dealkylation sites (tertiary alicyclic amines) is 1. The second-order valence-corrected chi connectivity index (χ2v) is 8.61. The Bertz CT molecular complexity index is 940. The molecule has 1 saturated heterocycles. The summed E-state index contributed by atoms with van der Waals surface area (Å²) in [5.41, 5.74) is -0.343. The highest BCUT2D eigenvalue weighted by Crippen LogP contribution is 2.29. The van der Waals surface area contributed by atoms with Gasteiger partial charge in [0.15, 0.2) is 0 Å². The van der Waals surface area contributed by atoms with Crippen molar-refractivity contribution in [2.45, 2.75) is 23.9 Å². The second kappa shape index (κ2) is 8.50. The highest BCUT2D eigenvalue weighted by molar-refractivity contribution is 7.89. The minimum Gasteiger partial charge on any atom is -0.339 e.